The summed E-state index contributed by atoms with van der Waals surface area (Å²) in [7, 11) is 0. The Morgan fingerprint density at radius 3 is 2.73 bits per heavy atom. The minimum absolute atomic E-state index is 0.270. The Labute approximate surface area is 90.4 Å². The van der Waals surface area contributed by atoms with Crippen molar-refractivity contribution in [2.75, 3.05) is 18.5 Å². The van der Waals surface area contributed by atoms with Gasteiger partial charge in [0.1, 0.15) is 11.6 Å². The van der Waals surface area contributed by atoms with Gasteiger partial charge in [0.25, 0.3) is 0 Å². The van der Waals surface area contributed by atoms with Crippen LogP contribution in [0.4, 0.5) is 10.1 Å². The number of rotatable bonds is 5. The standard InChI is InChI=1S/C12H18FNO/c1-4-15-12-7-10(13)5-6-11(12)14-8-9(2)3/h5-7,9,14H,4,8H2,1-3H3. The van der Waals surface area contributed by atoms with Gasteiger partial charge in [-0.15, -0.1) is 0 Å². The van der Waals surface area contributed by atoms with E-state index in [2.05, 4.69) is 19.2 Å². The predicted octanol–water partition coefficient (Wildman–Crippen LogP) is 3.29. The molecular formula is C12H18FNO. The van der Waals surface area contributed by atoms with E-state index >= 15 is 0 Å². The van der Waals surface area contributed by atoms with Gasteiger partial charge in [-0.25, -0.2) is 4.39 Å². The zero-order valence-electron chi connectivity index (χ0n) is 9.51. The maximum atomic E-state index is 13.0. The van der Waals surface area contributed by atoms with Crippen LogP contribution in [0, 0.1) is 11.7 Å². The maximum absolute atomic E-state index is 13.0. The van der Waals surface area contributed by atoms with Gasteiger partial charge in [0.2, 0.25) is 0 Å². The van der Waals surface area contributed by atoms with Gasteiger partial charge in [-0.1, -0.05) is 13.8 Å². The number of benzene rings is 1. The second-order valence-corrected chi connectivity index (χ2v) is 3.85. The molecule has 0 atom stereocenters. The number of nitrogens with one attached hydrogen (secondary N) is 1. The van der Waals surface area contributed by atoms with Crippen LogP contribution >= 0.6 is 0 Å². The molecule has 1 N–H and O–H groups in total. The summed E-state index contributed by atoms with van der Waals surface area (Å²) in [6.07, 6.45) is 0. The zero-order valence-corrected chi connectivity index (χ0v) is 9.51. The van der Waals surface area contributed by atoms with Crippen molar-refractivity contribution in [2.24, 2.45) is 5.92 Å². The Bertz CT molecular complexity index is 312. The van der Waals surface area contributed by atoms with Crippen LogP contribution in [-0.4, -0.2) is 13.2 Å². The summed E-state index contributed by atoms with van der Waals surface area (Å²) in [6.45, 7) is 7.52. The van der Waals surface area contributed by atoms with Crippen molar-refractivity contribution in [1.29, 1.82) is 0 Å². The van der Waals surface area contributed by atoms with Crippen molar-refractivity contribution in [2.45, 2.75) is 20.8 Å². The van der Waals surface area contributed by atoms with Gasteiger partial charge >= 0.3 is 0 Å². The highest BCUT2D eigenvalue weighted by atomic mass is 19.1. The van der Waals surface area contributed by atoms with Gasteiger partial charge in [0, 0.05) is 12.6 Å². The van der Waals surface area contributed by atoms with Crippen LogP contribution < -0.4 is 10.1 Å². The van der Waals surface area contributed by atoms with Gasteiger partial charge in [-0.05, 0) is 25.0 Å². The molecule has 1 aromatic carbocycles. The van der Waals surface area contributed by atoms with Gasteiger partial charge in [-0.3, -0.25) is 0 Å². The molecular weight excluding hydrogens is 193 g/mol. The zero-order chi connectivity index (χ0) is 11.3. The maximum Gasteiger partial charge on any atom is 0.145 e. The highest BCUT2D eigenvalue weighted by Gasteiger charge is 2.05. The molecule has 0 spiro atoms. The lowest BCUT2D eigenvalue weighted by Gasteiger charge is -2.13. The molecule has 0 aliphatic rings. The normalized spacial score (nSPS) is 10.5. The van der Waals surface area contributed by atoms with Crippen molar-refractivity contribution in [3.05, 3.63) is 24.0 Å². The summed E-state index contributed by atoms with van der Waals surface area (Å²) in [5.74, 6) is 0.858. The third-order valence-electron chi connectivity index (χ3n) is 1.94. The van der Waals surface area contributed by atoms with E-state index in [0.29, 0.717) is 18.3 Å². The summed E-state index contributed by atoms with van der Waals surface area (Å²) in [5.41, 5.74) is 0.854. The largest absolute Gasteiger partial charge is 0.492 e. The molecule has 3 heteroatoms. The quantitative estimate of drug-likeness (QED) is 0.807. The molecule has 0 bridgehead atoms. The van der Waals surface area contributed by atoms with Crippen LogP contribution in [0.1, 0.15) is 20.8 Å². The van der Waals surface area contributed by atoms with Crippen molar-refractivity contribution < 1.29 is 9.13 Å². The molecule has 0 radical (unpaired) electrons. The average Bonchev–Trinajstić information content (AvgIpc) is 2.17. The SMILES string of the molecule is CCOc1cc(F)ccc1NCC(C)C. The van der Waals surface area contributed by atoms with E-state index < -0.39 is 0 Å². The summed E-state index contributed by atoms with van der Waals surface area (Å²) >= 11 is 0. The van der Waals surface area contributed by atoms with E-state index in [1.807, 2.05) is 6.92 Å². The Kier molecular flexibility index (Phi) is 4.40. The topological polar surface area (TPSA) is 21.3 Å². The van der Waals surface area contributed by atoms with Crippen LogP contribution in [0.15, 0.2) is 18.2 Å². The third kappa shape index (κ3) is 3.78. The van der Waals surface area contributed by atoms with E-state index in [1.54, 1.807) is 6.07 Å². The second-order valence-electron chi connectivity index (χ2n) is 3.85. The fraction of sp³-hybridized carbons (Fsp3) is 0.500. The Hall–Kier alpha value is -1.25. The van der Waals surface area contributed by atoms with Gasteiger partial charge in [-0.2, -0.15) is 0 Å². The molecule has 0 saturated heterocycles. The van der Waals surface area contributed by atoms with E-state index in [-0.39, 0.29) is 5.82 Å². The summed E-state index contributed by atoms with van der Waals surface area (Å²) in [6, 6.07) is 4.56. The van der Waals surface area contributed by atoms with Gasteiger partial charge in [0.05, 0.1) is 12.3 Å². The van der Waals surface area contributed by atoms with Crippen LogP contribution in [0.5, 0.6) is 5.75 Å². The first-order valence-corrected chi connectivity index (χ1v) is 5.29. The number of halogens is 1. The highest BCUT2D eigenvalue weighted by Crippen LogP contribution is 2.25. The molecule has 1 rings (SSSR count). The number of hydrogen-bond donors (Lipinski definition) is 1. The smallest absolute Gasteiger partial charge is 0.145 e. The fourth-order valence-corrected chi connectivity index (χ4v) is 1.23. The van der Waals surface area contributed by atoms with Crippen LogP contribution in [-0.2, 0) is 0 Å². The highest BCUT2D eigenvalue weighted by molar-refractivity contribution is 5.56. The van der Waals surface area contributed by atoms with Crippen LogP contribution in [0.2, 0.25) is 0 Å². The van der Waals surface area contributed by atoms with Crippen molar-refractivity contribution in [3.8, 4) is 5.75 Å². The molecule has 0 unspecified atom stereocenters. The third-order valence-corrected chi connectivity index (χ3v) is 1.94. The predicted molar refractivity (Wildman–Crippen MR) is 60.9 cm³/mol. The number of ether oxygens (including phenoxy) is 1. The Morgan fingerprint density at radius 2 is 2.13 bits per heavy atom. The fourth-order valence-electron chi connectivity index (χ4n) is 1.23. The molecule has 15 heavy (non-hydrogen) atoms. The summed E-state index contributed by atoms with van der Waals surface area (Å²) in [4.78, 5) is 0. The molecule has 1 aromatic rings. The molecule has 2 nitrogen and oxygen atoms in total. The lowest BCUT2D eigenvalue weighted by molar-refractivity contribution is 0.339. The van der Waals surface area contributed by atoms with Crippen molar-refractivity contribution in [1.82, 2.24) is 0 Å². The minimum atomic E-state index is -0.270. The van der Waals surface area contributed by atoms with E-state index in [4.69, 9.17) is 4.74 Å². The first-order valence-electron chi connectivity index (χ1n) is 5.29. The minimum Gasteiger partial charge on any atom is -0.492 e. The van der Waals surface area contributed by atoms with Gasteiger partial charge in [0.15, 0.2) is 0 Å². The van der Waals surface area contributed by atoms with E-state index in [9.17, 15) is 4.39 Å². The number of anilines is 1. The second kappa shape index (κ2) is 5.59. The van der Waals surface area contributed by atoms with Crippen molar-refractivity contribution in [3.63, 3.8) is 0 Å². The van der Waals surface area contributed by atoms with Crippen molar-refractivity contribution >= 4 is 5.69 Å². The molecule has 0 saturated carbocycles. The monoisotopic (exact) mass is 211 g/mol. The molecule has 0 aromatic heterocycles. The molecule has 0 amide bonds. The molecule has 0 fully saturated rings. The summed E-state index contributed by atoms with van der Waals surface area (Å²) < 4.78 is 18.3. The average molecular weight is 211 g/mol. The lowest BCUT2D eigenvalue weighted by Crippen LogP contribution is -2.09. The first-order chi connectivity index (χ1) is 7.13. The lowest BCUT2D eigenvalue weighted by atomic mass is 10.2. The van der Waals surface area contributed by atoms with Crippen LogP contribution in [0.3, 0.4) is 0 Å². The first kappa shape index (κ1) is 11.8. The Morgan fingerprint density at radius 1 is 1.40 bits per heavy atom. The summed E-state index contributed by atoms with van der Waals surface area (Å²) in [5, 5.41) is 3.23. The van der Waals surface area contributed by atoms with Crippen LogP contribution in [0.25, 0.3) is 0 Å². The molecule has 0 heterocycles. The molecule has 0 aliphatic carbocycles. The van der Waals surface area contributed by atoms with E-state index in [0.717, 1.165) is 12.2 Å². The van der Waals surface area contributed by atoms with Gasteiger partial charge < -0.3 is 10.1 Å². The Balaban J connectivity index is 2.76. The molecule has 84 valence electrons. The molecule has 0 aliphatic heterocycles. The number of hydrogen-bond acceptors (Lipinski definition) is 2. The van der Waals surface area contributed by atoms with E-state index in [1.165, 1.54) is 12.1 Å².